The van der Waals surface area contributed by atoms with Crippen molar-refractivity contribution in [3.63, 3.8) is 0 Å². The zero-order valence-electron chi connectivity index (χ0n) is 26.3. The highest BCUT2D eigenvalue weighted by Crippen LogP contribution is 2.44. The number of benzene rings is 3. The van der Waals surface area contributed by atoms with Crippen molar-refractivity contribution in [2.75, 3.05) is 32.0 Å². The number of anilines is 1. The summed E-state index contributed by atoms with van der Waals surface area (Å²) in [7, 11) is 0. The highest BCUT2D eigenvalue weighted by atomic mass is 16.5. The summed E-state index contributed by atoms with van der Waals surface area (Å²) in [6, 6.07) is 21.2. The summed E-state index contributed by atoms with van der Waals surface area (Å²) in [5.74, 6) is -1.79. The summed E-state index contributed by atoms with van der Waals surface area (Å²) in [4.78, 5) is 20.8. The van der Waals surface area contributed by atoms with Crippen LogP contribution in [0.3, 0.4) is 0 Å². The van der Waals surface area contributed by atoms with Gasteiger partial charge in [0.25, 0.3) is 0 Å². The van der Waals surface area contributed by atoms with Crippen LogP contribution in [-0.2, 0) is 20.7 Å². The molecule has 0 aromatic heterocycles. The van der Waals surface area contributed by atoms with E-state index in [4.69, 9.17) is 35.0 Å². The quantitative estimate of drug-likeness (QED) is 0.147. The summed E-state index contributed by atoms with van der Waals surface area (Å²) >= 11 is 0. The van der Waals surface area contributed by atoms with Crippen molar-refractivity contribution in [1.29, 1.82) is 0 Å². The lowest BCUT2D eigenvalue weighted by Gasteiger charge is -2.37. The summed E-state index contributed by atoms with van der Waals surface area (Å²) in [6.45, 7) is 12.7. The third kappa shape index (κ3) is 8.18. The molecule has 8 nitrogen and oxygen atoms in total. The Morgan fingerprint density at radius 1 is 0.932 bits per heavy atom. The number of piperidine rings is 1. The van der Waals surface area contributed by atoms with Crippen molar-refractivity contribution < 1.29 is 29.3 Å². The Morgan fingerprint density at radius 3 is 2.00 bits per heavy atom. The second kappa shape index (κ2) is 14.7. The molecule has 2 aliphatic rings. The summed E-state index contributed by atoms with van der Waals surface area (Å²) in [5, 5.41) is 14.8. The molecule has 2 heterocycles. The van der Waals surface area contributed by atoms with E-state index in [9.17, 15) is 0 Å². The van der Waals surface area contributed by atoms with Gasteiger partial charge >= 0.3 is 11.9 Å². The fraction of sp³-hybridized carbons (Fsp3) is 0.444. The molecule has 1 unspecified atom stereocenters. The highest BCUT2D eigenvalue weighted by Gasteiger charge is 2.39. The fourth-order valence-corrected chi connectivity index (χ4v) is 6.43. The number of fused-ring (bicyclic) bond motifs is 1. The van der Waals surface area contributed by atoms with Crippen LogP contribution in [0, 0.1) is 26.7 Å². The van der Waals surface area contributed by atoms with E-state index in [-0.39, 0.29) is 11.7 Å². The molecule has 3 aromatic rings. The molecule has 1 fully saturated rings. The first-order chi connectivity index (χ1) is 21.0. The van der Waals surface area contributed by atoms with E-state index in [0.29, 0.717) is 0 Å². The molecule has 4 N–H and O–H groups in total. The van der Waals surface area contributed by atoms with Crippen molar-refractivity contribution in [1.82, 2.24) is 4.90 Å². The molecule has 236 valence electrons. The van der Waals surface area contributed by atoms with Crippen molar-refractivity contribution in [3.8, 4) is 5.75 Å². The van der Waals surface area contributed by atoms with Crippen LogP contribution < -0.4 is 10.5 Å². The molecule has 0 spiro atoms. The van der Waals surface area contributed by atoms with Gasteiger partial charge in [-0.3, -0.25) is 4.90 Å². The molecule has 2 aliphatic heterocycles. The van der Waals surface area contributed by atoms with Crippen LogP contribution in [0.2, 0.25) is 0 Å². The van der Waals surface area contributed by atoms with E-state index in [2.05, 4.69) is 93.3 Å². The molecule has 8 heteroatoms. The van der Waals surface area contributed by atoms with Gasteiger partial charge in [0.1, 0.15) is 17.5 Å². The molecule has 0 saturated carbocycles. The van der Waals surface area contributed by atoms with E-state index in [0.717, 1.165) is 62.0 Å². The number of aliphatic carboxylic acids is 2. The Bertz CT molecular complexity index is 1330. The first-order valence-electron chi connectivity index (χ1n) is 15.5. The molecule has 0 bridgehead atoms. The number of carboxylic acid groups (broad SMARTS) is 2. The van der Waals surface area contributed by atoms with Crippen LogP contribution in [0.1, 0.15) is 72.1 Å². The van der Waals surface area contributed by atoms with Gasteiger partial charge in [-0.1, -0.05) is 60.7 Å². The Hall–Kier alpha value is -3.88. The smallest absolute Gasteiger partial charge is 0.414 e. The van der Waals surface area contributed by atoms with Gasteiger partial charge in [0, 0.05) is 30.8 Å². The molecule has 3 aromatic carbocycles. The Morgan fingerprint density at radius 2 is 1.48 bits per heavy atom. The lowest BCUT2D eigenvalue weighted by atomic mass is 9.89. The van der Waals surface area contributed by atoms with E-state index in [1.807, 2.05) is 0 Å². The maximum atomic E-state index is 9.10. The highest BCUT2D eigenvalue weighted by molar-refractivity contribution is 6.27. The second-order valence-electron chi connectivity index (χ2n) is 12.4. The topological polar surface area (TPSA) is 122 Å². The third-order valence-electron chi connectivity index (χ3n) is 9.03. The van der Waals surface area contributed by atoms with Crippen LogP contribution >= 0.6 is 0 Å². The minimum absolute atomic E-state index is 0.00179. The molecule has 0 amide bonds. The average Bonchev–Trinajstić information content (AvgIpc) is 3.38. The normalized spacial score (nSPS) is 18.3. The Balaban J connectivity index is 0.000000670. The third-order valence-corrected chi connectivity index (χ3v) is 9.03. The Kier molecular flexibility index (Phi) is 11.1. The van der Waals surface area contributed by atoms with Crippen LogP contribution in [0.15, 0.2) is 60.7 Å². The average molecular weight is 603 g/mol. The van der Waals surface area contributed by atoms with Gasteiger partial charge in [0.2, 0.25) is 0 Å². The molecule has 0 radical (unpaired) electrons. The minimum Gasteiger partial charge on any atom is -0.485 e. The number of nitrogens with zero attached hydrogens (tertiary/aromatic N) is 1. The molecular formula is C36H46N2O6. The number of hydrogen-bond donors (Lipinski definition) is 3. The number of rotatable bonds is 9. The molecule has 44 heavy (non-hydrogen) atoms. The Labute approximate surface area is 260 Å². The maximum Gasteiger partial charge on any atom is 0.414 e. The summed E-state index contributed by atoms with van der Waals surface area (Å²) in [5.41, 5.74) is 14.5. The summed E-state index contributed by atoms with van der Waals surface area (Å²) in [6.07, 6.45) is 5.81. The molecule has 5 rings (SSSR count). The van der Waals surface area contributed by atoms with Crippen LogP contribution in [0.25, 0.3) is 0 Å². The number of likely N-dealkylation sites (tertiary alicyclic amines) is 1. The molecule has 0 aliphatic carbocycles. The van der Waals surface area contributed by atoms with Crippen molar-refractivity contribution >= 4 is 17.6 Å². The van der Waals surface area contributed by atoms with Gasteiger partial charge in [-0.15, -0.1) is 0 Å². The summed E-state index contributed by atoms with van der Waals surface area (Å²) < 4.78 is 13.1. The predicted octanol–water partition coefficient (Wildman–Crippen LogP) is 6.34. The van der Waals surface area contributed by atoms with E-state index in [1.54, 1.807) is 0 Å². The number of hydrogen-bond acceptors (Lipinski definition) is 6. The first-order valence-corrected chi connectivity index (χ1v) is 15.5. The van der Waals surface area contributed by atoms with Crippen LogP contribution in [0.5, 0.6) is 5.75 Å². The zero-order chi connectivity index (χ0) is 31.9. The van der Waals surface area contributed by atoms with E-state index < -0.39 is 11.9 Å². The second-order valence-corrected chi connectivity index (χ2v) is 12.4. The number of nitrogens with two attached hydrogens (primary N) is 1. The molecular weight excluding hydrogens is 556 g/mol. The fourth-order valence-electron chi connectivity index (χ4n) is 6.43. The van der Waals surface area contributed by atoms with Gasteiger partial charge in [-0.2, -0.15) is 0 Å². The van der Waals surface area contributed by atoms with Gasteiger partial charge in [0.05, 0.1) is 0 Å². The zero-order valence-corrected chi connectivity index (χ0v) is 26.3. The van der Waals surface area contributed by atoms with E-state index in [1.165, 1.54) is 47.1 Å². The lowest BCUT2D eigenvalue weighted by molar-refractivity contribution is -0.159. The number of ether oxygens (including phenoxy) is 2. The lowest BCUT2D eigenvalue weighted by Crippen LogP contribution is -2.47. The standard InChI is InChI=1S/C34H44N2O2.C2H2O4/c1-24-25(2)32-30(26(3)31(24)35)22-34(4,38-32)23-36-19-17-27(18-20-36)12-11-21-37-33(28-13-7-5-8-14-28)29-15-9-6-10-16-29;3-1(4)2(5)6/h5-10,13-16,27,33H,11-12,17-23,35H2,1-4H3;(H,3,4)(H,5,6). The van der Waals surface area contributed by atoms with Crippen LogP contribution in [0.4, 0.5) is 5.69 Å². The van der Waals surface area contributed by atoms with Gasteiger partial charge in [-0.25, -0.2) is 9.59 Å². The number of nitrogen functional groups attached to an aromatic ring is 1. The van der Waals surface area contributed by atoms with Crippen molar-refractivity contribution in [2.45, 2.75) is 71.5 Å². The van der Waals surface area contributed by atoms with Crippen molar-refractivity contribution in [2.24, 2.45) is 5.92 Å². The van der Waals surface area contributed by atoms with Gasteiger partial charge in [-0.05, 0) is 100 Å². The maximum absolute atomic E-state index is 9.10. The monoisotopic (exact) mass is 602 g/mol. The molecule has 1 atom stereocenters. The van der Waals surface area contributed by atoms with E-state index >= 15 is 0 Å². The van der Waals surface area contributed by atoms with Gasteiger partial charge < -0.3 is 25.4 Å². The van der Waals surface area contributed by atoms with Crippen LogP contribution in [-0.4, -0.2) is 58.9 Å². The minimum atomic E-state index is -1.82. The number of carbonyl (C=O) groups is 2. The largest absolute Gasteiger partial charge is 0.485 e. The first kappa shape index (κ1) is 33.0. The van der Waals surface area contributed by atoms with Gasteiger partial charge in [0.15, 0.2) is 0 Å². The molecule has 1 saturated heterocycles. The number of carboxylic acids is 2. The predicted molar refractivity (Wildman–Crippen MR) is 172 cm³/mol. The SMILES string of the molecule is Cc1c(C)c2c(c(C)c1N)CC(C)(CN1CCC(CCCOC(c3ccccc3)c3ccccc3)CC1)O2.O=C(O)C(=O)O. The van der Waals surface area contributed by atoms with Crippen molar-refractivity contribution in [3.05, 3.63) is 94.0 Å².